The zero-order valence-electron chi connectivity index (χ0n) is 9.92. The lowest BCUT2D eigenvalue weighted by Crippen LogP contribution is -2.45. The van der Waals surface area contributed by atoms with Gasteiger partial charge in [0.1, 0.15) is 0 Å². The molecule has 0 aromatic heterocycles. The first-order valence-corrected chi connectivity index (χ1v) is 5.80. The third-order valence-corrected chi connectivity index (χ3v) is 3.07. The van der Waals surface area contributed by atoms with Gasteiger partial charge in [-0.05, 0) is 25.8 Å². The fraction of sp³-hybridized carbons (Fsp3) is 0.909. The summed E-state index contributed by atoms with van der Waals surface area (Å²) >= 11 is 0. The molecule has 0 aliphatic carbocycles. The van der Waals surface area contributed by atoms with Gasteiger partial charge < -0.3 is 16.4 Å². The minimum Gasteiger partial charge on any atom is -0.352 e. The molecule has 4 heteroatoms. The van der Waals surface area contributed by atoms with Gasteiger partial charge in [0, 0.05) is 18.6 Å². The van der Waals surface area contributed by atoms with Crippen molar-refractivity contribution in [2.75, 3.05) is 13.1 Å². The highest BCUT2D eigenvalue weighted by Gasteiger charge is 2.34. The Morgan fingerprint density at radius 1 is 1.53 bits per heavy atom. The Kier molecular flexibility index (Phi) is 4.54. The van der Waals surface area contributed by atoms with Crippen LogP contribution in [0, 0.1) is 11.8 Å². The van der Waals surface area contributed by atoms with Crippen LogP contribution < -0.4 is 16.4 Å². The van der Waals surface area contributed by atoms with Crippen LogP contribution in [0.15, 0.2) is 0 Å². The van der Waals surface area contributed by atoms with Gasteiger partial charge in [-0.1, -0.05) is 13.8 Å². The van der Waals surface area contributed by atoms with E-state index in [2.05, 4.69) is 24.5 Å². The van der Waals surface area contributed by atoms with E-state index in [1.54, 1.807) is 0 Å². The Bertz CT molecular complexity index is 218. The maximum absolute atomic E-state index is 11.9. The van der Waals surface area contributed by atoms with E-state index in [1.165, 1.54) is 0 Å². The number of nitrogens with one attached hydrogen (secondary N) is 2. The predicted octanol–water partition coefficient (Wildman–Crippen LogP) is 0.0839. The van der Waals surface area contributed by atoms with Crippen LogP contribution in [0.2, 0.25) is 0 Å². The van der Waals surface area contributed by atoms with Crippen LogP contribution in [0.25, 0.3) is 0 Å². The molecule has 1 fully saturated rings. The highest BCUT2D eigenvalue weighted by Crippen LogP contribution is 2.21. The molecule has 1 rings (SSSR count). The number of amides is 1. The highest BCUT2D eigenvalue weighted by molar-refractivity contribution is 5.80. The lowest BCUT2D eigenvalue weighted by Gasteiger charge is -2.23. The van der Waals surface area contributed by atoms with Crippen molar-refractivity contribution >= 4 is 5.91 Å². The predicted molar refractivity (Wildman–Crippen MR) is 61.4 cm³/mol. The number of nitrogens with two attached hydrogens (primary N) is 1. The quantitative estimate of drug-likeness (QED) is 0.620. The standard InChI is InChI=1S/C11H23N3O/c1-7(2)10-9(4-5-13-10)11(15)14-8(3)6-12/h7-10,13H,4-6,12H2,1-3H3,(H,14,15)/t8-,9?,10?/m0/s1. The average molecular weight is 213 g/mol. The van der Waals surface area contributed by atoms with E-state index < -0.39 is 0 Å². The van der Waals surface area contributed by atoms with Crippen LogP contribution in [-0.2, 0) is 4.79 Å². The van der Waals surface area contributed by atoms with E-state index in [0.717, 1.165) is 13.0 Å². The van der Waals surface area contributed by atoms with Gasteiger partial charge in [-0.25, -0.2) is 0 Å². The first-order valence-electron chi connectivity index (χ1n) is 5.80. The van der Waals surface area contributed by atoms with Crippen molar-refractivity contribution in [2.24, 2.45) is 17.6 Å². The summed E-state index contributed by atoms with van der Waals surface area (Å²) in [5, 5.41) is 6.34. The van der Waals surface area contributed by atoms with Crippen LogP contribution in [0.3, 0.4) is 0 Å². The summed E-state index contributed by atoms with van der Waals surface area (Å²) < 4.78 is 0. The van der Waals surface area contributed by atoms with Crippen molar-refractivity contribution in [3.63, 3.8) is 0 Å². The maximum atomic E-state index is 11.9. The number of hydrogen-bond donors (Lipinski definition) is 3. The Morgan fingerprint density at radius 3 is 2.73 bits per heavy atom. The second-order valence-electron chi connectivity index (χ2n) is 4.76. The molecular weight excluding hydrogens is 190 g/mol. The van der Waals surface area contributed by atoms with Crippen LogP contribution in [0.4, 0.5) is 0 Å². The summed E-state index contributed by atoms with van der Waals surface area (Å²) in [6.45, 7) is 7.67. The van der Waals surface area contributed by atoms with E-state index >= 15 is 0 Å². The van der Waals surface area contributed by atoms with E-state index in [4.69, 9.17) is 5.73 Å². The molecule has 0 spiro atoms. The normalized spacial score (nSPS) is 28.1. The summed E-state index contributed by atoms with van der Waals surface area (Å²) in [4.78, 5) is 11.9. The molecule has 2 unspecified atom stereocenters. The lowest BCUT2D eigenvalue weighted by molar-refractivity contribution is -0.126. The molecule has 1 aliphatic rings. The minimum absolute atomic E-state index is 0.0749. The van der Waals surface area contributed by atoms with Gasteiger partial charge in [0.25, 0.3) is 0 Å². The largest absolute Gasteiger partial charge is 0.352 e. The summed E-state index contributed by atoms with van der Waals surface area (Å²) in [7, 11) is 0. The van der Waals surface area contributed by atoms with Gasteiger partial charge in [-0.2, -0.15) is 0 Å². The molecular formula is C11H23N3O. The fourth-order valence-corrected chi connectivity index (χ4v) is 2.13. The SMILES string of the molecule is CC(C)C1NCCC1C(=O)N[C@@H](C)CN. The number of carbonyl (C=O) groups excluding carboxylic acids is 1. The third kappa shape index (κ3) is 3.18. The van der Waals surface area contributed by atoms with Gasteiger partial charge in [-0.15, -0.1) is 0 Å². The summed E-state index contributed by atoms with van der Waals surface area (Å²) in [5.41, 5.74) is 5.48. The molecule has 1 saturated heterocycles. The Morgan fingerprint density at radius 2 is 2.20 bits per heavy atom. The third-order valence-electron chi connectivity index (χ3n) is 3.07. The molecule has 4 nitrogen and oxygen atoms in total. The van der Waals surface area contributed by atoms with Gasteiger partial charge in [0.2, 0.25) is 5.91 Å². The van der Waals surface area contributed by atoms with Crippen LogP contribution >= 0.6 is 0 Å². The topological polar surface area (TPSA) is 67.2 Å². The summed E-state index contributed by atoms with van der Waals surface area (Å²) in [5.74, 6) is 0.757. The molecule has 4 N–H and O–H groups in total. The molecule has 88 valence electrons. The molecule has 0 aromatic rings. The van der Waals surface area contributed by atoms with Gasteiger partial charge in [0.15, 0.2) is 0 Å². The zero-order valence-corrected chi connectivity index (χ0v) is 9.92. The van der Waals surface area contributed by atoms with Crippen molar-refractivity contribution in [3.05, 3.63) is 0 Å². The van der Waals surface area contributed by atoms with Crippen molar-refractivity contribution in [1.82, 2.24) is 10.6 Å². The molecule has 0 radical (unpaired) electrons. The Hall–Kier alpha value is -0.610. The molecule has 1 aliphatic heterocycles. The van der Waals surface area contributed by atoms with Crippen molar-refractivity contribution in [1.29, 1.82) is 0 Å². The molecule has 0 aromatic carbocycles. The van der Waals surface area contributed by atoms with E-state index in [0.29, 0.717) is 18.5 Å². The Labute approximate surface area is 92.0 Å². The smallest absolute Gasteiger partial charge is 0.224 e. The highest BCUT2D eigenvalue weighted by atomic mass is 16.2. The van der Waals surface area contributed by atoms with Crippen LogP contribution in [-0.4, -0.2) is 31.1 Å². The minimum atomic E-state index is 0.0749. The Balaban J connectivity index is 2.51. The molecule has 0 saturated carbocycles. The molecule has 1 amide bonds. The molecule has 0 bridgehead atoms. The maximum Gasteiger partial charge on any atom is 0.224 e. The number of hydrogen-bond acceptors (Lipinski definition) is 3. The van der Waals surface area contributed by atoms with E-state index in [-0.39, 0.29) is 17.9 Å². The van der Waals surface area contributed by atoms with Gasteiger partial charge >= 0.3 is 0 Å². The summed E-state index contributed by atoms with van der Waals surface area (Å²) in [6, 6.07) is 0.390. The van der Waals surface area contributed by atoms with Crippen molar-refractivity contribution in [3.8, 4) is 0 Å². The number of rotatable bonds is 4. The van der Waals surface area contributed by atoms with Gasteiger partial charge in [-0.3, -0.25) is 4.79 Å². The van der Waals surface area contributed by atoms with Crippen LogP contribution in [0.5, 0.6) is 0 Å². The van der Waals surface area contributed by atoms with Crippen molar-refractivity contribution < 1.29 is 4.79 Å². The second-order valence-corrected chi connectivity index (χ2v) is 4.76. The first kappa shape index (κ1) is 12.5. The number of carbonyl (C=O) groups is 1. The monoisotopic (exact) mass is 213 g/mol. The van der Waals surface area contributed by atoms with E-state index in [9.17, 15) is 4.79 Å². The zero-order chi connectivity index (χ0) is 11.4. The molecule has 15 heavy (non-hydrogen) atoms. The van der Waals surface area contributed by atoms with Gasteiger partial charge in [0.05, 0.1) is 5.92 Å². The summed E-state index contributed by atoms with van der Waals surface area (Å²) in [6.07, 6.45) is 0.936. The van der Waals surface area contributed by atoms with E-state index in [1.807, 2.05) is 6.92 Å². The lowest BCUT2D eigenvalue weighted by atomic mass is 9.91. The molecule has 1 heterocycles. The second kappa shape index (κ2) is 5.47. The van der Waals surface area contributed by atoms with Crippen LogP contribution in [0.1, 0.15) is 27.2 Å². The average Bonchev–Trinajstić information content (AvgIpc) is 2.65. The first-order chi connectivity index (χ1) is 7.06. The molecule has 3 atom stereocenters. The van der Waals surface area contributed by atoms with Crippen molar-refractivity contribution in [2.45, 2.75) is 39.3 Å². The fourth-order valence-electron chi connectivity index (χ4n) is 2.13.